The Hall–Kier alpha value is -10.5. The third kappa shape index (κ3) is 33.8. The van der Waals surface area contributed by atoms with Crippen molar-refractivity contribution < 1.29 is 124 Å². The number of ether oxygens (including phenoxy) is 16. The van der Waals surface area contributed by atoms with E-state index in [-0.39, 0.29) is 173 Å². The summed E-state index contributed by atoms with van der Waals surface area (Å²) in [4.78, 5) is 95.3. The number of halogens is 1. The first kappa shape index (κ1) is 109. The van der Waals surface area contributed by atoms with Gasteiger partial charge in [-0.05, 0) is 274 Å². The second kappa shape index (κ2) is 57.4. The zero-order valence-corrected chi connectivity index (χ0v) is 76.9. The number of hydrogen-bond donors (Lipinski definition) is 2. The van der Waals surface area contributed by atoms with Crippen LogP contribution in [0.25, 0.3) is 0 Å². The summed E-state index contributed by atoms with van der Waals surface area (Å²) < 4.78 is 89.1. The van der Waals surface area contributed by atoms with E-state index in [1.165, 1.54) is 32.5 Å². The van der Waals surface area contributed by atoms with E-state index in [9.17, 15) is 43.5 Å². The average molecular weight is 1880 g/mol. The molecule has 14 rings (SSSR count). The van der Waals surface area contributed by atoms with Crippen molar-refractivity contribution in [1.82, 2.24) is 0 Å². The lowest BCUT2D eigenvalue weighted by molar-refractivity contribution is -0.190. The molecule has 1 heterocycles. The van der Waals surface area contributed by atoms with Gasteiger partial charge in [0.25, 0.3) is 0 Å². The van der Waals surface area contributed by atoms with E-state index >= 15 is 0 Å². The SMILES string of the molecule is C.C.C.CC[C@@H](CC[C@@H]1[C@H]2Cc3cccc(OCC(=O)O)c3C[C@H]2C[C@H]1O)OC(=O)COC.CC[C@@H](CC[C@@H]1[C@H]2Cc3cccc(OCC(=O)OCc4ccccc4)c3C[C@H]2C[C@H]1OC(=O)OCc1ccccc1)OC(=O)COC.CC[C@@H](CC[C@@H]1[C@H]2Cc3cccc(OCC(=O)OCc4ccccc4)c3C[C@H]2C[C@H]1OC(=O)OCc1ccccc1)OC1CCCCO1.COCC(=O)Cl. The monoisotopic (exact) mass is 1880 g/mol. The highest BCUT2D eigenvalue weighted by Gasteiger charge is 2.51. The number of carbonyl (C=O) groups excluding carboxylic acids is 7. The number of aliphatic carboxylic acids is 1. The molecule has 7 aliphatic rings. The number of aliphatic hydroxyl groups is 1. The lowest BCUT2D eigenvalue weighted by Gasteiger charge is -2.33. The van der Waals surface area contributed by atoms with E-state index in [4.69, 9.17) is 87.8 Å². The first-order chi connectivity index (χ1) is 63.7. The minimum Gasteiger partial charge on any atom is -0.482 e. The molecule has 1 aliphatic heterocycles. The lowest BCUT2D eigenvalue weighted by Crippen LogP contribution is -2.31. The molecule has 732 valence electrons. The summed E-state index contributed by atoms with van der Waals surface area (Å²) in [7, 11) is 4.35. The molecule has 0 bridgehead atoms. The molecule has 0 radical (unpaired) electrons. The van der Waals surface area contributed by atoms with Crippen molar-refractivity contribution in [2.45, 2.75) is 247 Å². The van der Waals surface area contributed by atoms with E-state index < -0.39 is 35.5 Å². The van der Waals surface area contributed by atoms with Gasteiger partial charge in [-0.25, -0.2) is 33.6 Å². The van der Waals surface area contributed by atoms with Crippen molar-refractivity contribution in [2.75, 3.05) is 67.6 Å². The Bertz CT molecular complexity index is 4700. The first-order valence-electron chi connectivity index (χ1n) is 46.2. The molecule has 16 atom stereocenters. The van der Waals surface area contributed by atoms with Crippen LogP contribution in [0.5, 0.6) is 17.2 Å². The molecule has 27 heteroatoms. The molecule has 0 amide bonds. The molecule has 1 saturated heterocycles. The summed E-state index contributed by atoms with van der Waals surface area (Å²) in [5, 5.41) is 19.2. The van der Waals surface area contributed by atoms with E-state index in [0.29, 0.717) is 54.4 Å². The van der Waals surface area contributed by atoms with Crippen LogP contribution in [0.15, 0.2) is 176 Å². The highest BCUT2D eigenvalue weighted by atomic mass is 35.5. The zero-order valence-electron chi connectivity index (χ0n) is 76.2. The van der Waals surface area contributed by atoms with Crippen molar-refractivity contribution in [2.24, 2.45) is 53.3 Å². The van der Waals surface area contributed by atoms with Crippen LogP contribution in [-0.2, 0) is 155 Å². The molecule has 2 N–H and O–H groups in total. The summed E-state index contributed by atoms with van der Waals surface area (Å²) in [5.74, 6) is 1.76. The van der Waals surface area contributed by atoms with Crippen LogP contribution in [0.1, 0.15) is 195 Å². The number of rotatable bonds is 41. The summed E-state index contributed by atoms with van der Waals surface area (Å²) in [6, 6.07) is 56.1. The fraction of sp³-hybridized carbons (Fsp3) is 0.533. The van der Waals surface area contributed by atoms with Crippen LogP contribution < -0.4 is 14.2 Å². The molecule has 26 nitrogen and oxygen atoms in total. The van der Waals surface area contributed by atoms with Gasteiger partial charge in [0.05, 0.1) is 12.2 Å². The largest absolute Gasteiger partial charge is 0.508 e. The van der Waals surface area contributed by atoms with Gasteiger partial charge in [0.15, 0.2) is 26.1 Å². The van der Waals surface area contributed by atoms with Crippen molar-refractivity contribution in [3.05, 3.63) is 232 Å². The molecule has 0 spiro atoms. The molecule has 0 aromatic heterocycles. The van der Waals surface area contributed by atoms with Crippen LogP contribution in [-0.4, -0.2) is 168 Å². The van der Waals surface area contributed by atoms with E-state index in [1.807, 2.05) is 172 Å². The summed E-state index contributed by atoms with van der Waals surface area (Å²) >= 11 is 4.81. The Morgan fingerprint density at radius 2 is 0.761 bits per heavy atom. The number of carboxylic acid groups (broad SMARTS) is 1. The molecule has 7 aromatic carbocycles. The number of carboxylic acids is 1. The molecule has 4 fully saturated rings. The number of hydrogen-bond acceptors (Lipinski definition) is 25. The Morgan fingerprint density at radius 3 is 1.11 bits per heavy atom. The van der Waals surface area contributed by atoms with Crippen molar-refractivity contribution in [1.29, 1.82) is 0 Å². The molecule has 7 aromatic rings. The third-order valence-electron chi connectivity index (χ3n) is 26.1. The van der Waals surface area contributed by atoms with Gasteiger partial charge in [0.1, 0.15) is 87.9 Å². The van der Waals surface area contributed by atoms with Gasteiger partial charge in [-0.3, -0.25) is 4.79 Å². The number of benzene rings is 7. The van der Waals surface area contributed by atoms with Crippen molar-refractivity contribution in [3.63, 3.8) is 0 Å². The average Bonchev–Trinajstić information content (AvgIpc) is 1.56. The van der Waals surface area contributed by atoms with Gasteiger partial charge >= 0.3 is 42.2 Å². The normalized spacial score (nSPS) is 21.8. The van der Waals surface area contributed by atoms with E-state index in [0.717, 1.165) is 172 Å². The molecule has 1 unspecified atom stereocenters. The maximum Gasteiger partial charge on any atom is 0.508 e. The van der Waals surface area contributed by atoms with Crippen LogP contribution in [0.2, 0.25) is 0 Å². The van der Waals surface area contributed by atoms with Gasteiger partial charge in [-0.1, -0.05) is 201 Å². The quantitative estimate of drug-likeness (QED) is 0.0204. The first-order valence-corrected chi connectivity index (χ1v) is 46.6. The van der Waals surface area contributed by atoms with Gasteiger partial charge in [-0.15, -0.1) is 0 Å². The Labute approximate surface area is 795 Å². The maximum atomic E-state index is 13.0. The second-order valence-electron chi connectivity index (χ2n) is 34.7. The van der Waals surface area contributed by atoms with Crippen molar-refractivity contribution in [3.8, 4) is 17.2 Å². The van der Waals surface area contributed by atoms with Crippen LogP contribution in [0.4, 0.5) is 9.59 Å². The number of aliphatic hydroxyl groups excluding tert-OH is 1. The number of methoxy groups -OCH3 is 3. The molecule has 3 saturated carbocycles. The zero-order chi connectivity index (χ0) is 92.8. The predicted octanol–water partition coefficient (Wildman–Crippen LogP) is 19.5. The van der Waals surface area contributed by atoms with Crippen LogP contribution in [0.3, 0.4) is 0 Å². The smallest absolute Gasteiger partial charge is 0.482 e. The molecular formula is C107H141ClO26. The van der Waals surface area contributed by atoms with Gasteiger partial charge in [0.2, 0.25) is 5.24 Å². The highest BCUT2D eigenvalue weighted by Crippen LogP contribution is 2.53. The summed E-state index contributed by atoms with van der Waals surface area (Å²) in [6.07, 6.45) is 14.5. The fourth-order valence-corrected chi connectivity index (χ4v) is 19.9. The van der Waals surface area contributed by atoms with E-state index in [1.54, 1.807) is 0 Å². The van der Waals surface area contributed by atoms with Crippen LogP contribution >= 0.6 is 11.6 Å². The fourth-order valence-electron chi connectivity index (χ4n) is 19.8. The number of esters is 4. The predicted molar refractivity (Wildman–Crippen MR) is 506 cm³/mol. The highest BCUT2D eigenvalue weighted by molar-refractivity contribution is 6.63. The second-order valence-corrected chi connectivity index (χ2v) is 35.2. The number of carbonyl (C=O) groups is 8. The topological polar surface area (TPSA) is 325 Å². The Kier molecular flexibility index (Phi) is 46.7. The Morgan fingerprint density at radius 1 is 0.403 bits per heavy atom. The van der Waals surface area contributed by atoms with E-state index in [2.05, 4.69) is 29.9 Å². The van der Waals surface area contributed by atoms with Gasteiger partial charge in [0, 0.05) is 27.9 Å². The van der Waals surface area contributed by atoms with Gasteiger partial charge in [-0.2, -0.15) is 0 Å². The minimum atomic E-state index is -0.991. The standard InChI is InChI=1S/C40H48O8.C38H44O9.C23H32O7.C3H5ClO2.3CH4/c1-2-32(47-39-18-9-10-21-43-39)19-20-33-34-22-30-16-11-17-36(44-27-38(41)45-25-28-12-5-3-6-13-28)35(30)23-31(34)24-37(33)48-40(42)46-26-29-14-7-4-8-15-29;1-3-30(46-37(40)24-42-2)17-18-31-32-19-28-15-10-16-34(43-25-36(39)44-22-26-11-6-4-7-12-26)33(28)20-29(32)21-35(31)47-38(41)45-23-27-13-8-5-9-14-27;1-3-16(30-23(27)13-28-2)7-8-17-18-9-14-5-4-6-21(29-12-22(25)26)19(14)10-15(18)11-20(17)24;1-6-2-3(4)5;;;/h3-8,11-17,31-34,37,39H,2,9-10,18-27H2,1H3;4-16,29-32,35H,3,17-25H2,1-2H3;4-6,15-18,20,24H,3,7-13H2,1-2H3,(H,25,26);2H2,1H3;3*1H4/t31-,32-,33+,34-,37+,39?;29-,30-,31+,32-,35+;15-,16-,17+,18-,20+;;;;/m000..../s1. The van der Waals surface area contributed by atoms with Crippen LogP contribution in [0, 0.1) is 53.3 Å². The maximum absolute atomic E-state index is 13.0. The number of fused-ring (bicyclic) bond motifs is 6. The summed E-state index contributed by atoms with van der Waals surface area (Å²) in [6.45, 7) is 6.82. The molecule has 6 aliphatic carbocycles. The Balaban J connectivity index is 0.000000243. The summed E-state index contributed by atoms with van der Waals surface area (Å²) in [5.41, 5.74) is 10.5. The molecule has 134 heavy (non-hydrogen) atoms. The lowest BCUT2D eigenvalue weighted by atomic mass is 9.73. The third-order valence-corrected chi connectivity index (χ3v) is 26.2. The van der Waals surface area contributed by atoms with Gasteiger partial charge < -0.3 is 86.0 Å². The molecular weight excluding hydrogens is 1740 g/mol. The minimum absolute atomic E-state index is 0. The van der Waals surface area contributed by atoms with Crippen molar-refractivity contribution >= 4 is 59.0 Å².